The van der Waals surface area contributed by atoms with Gasteiger partial charge in [-0.15, -0.1) is 0 Å². The number of benzene rings is 1. The molecule has 0 amide bonds. The first-order valence-corrected chi connectivity index (χ1v) is 8.06. The zero-order valence-corrected chi connectivity index (χ0v) is 13.5. The number of aliphatic hydroxyl groups excluding tert-OH is 1. The van der Waals surface area contributed by atoms with E-state index in [0.29, 0.717) is 11.8 Å². The molecule has 0 aliphatic carbocycles. The number of rotatable bonds is 4. The quantitative estimate of drug-likeness (QED) is 0.914. The third-order valence-electron chi connectivity index (χ3n) is 4.81. The highest BCUT2D eigenvalue weighted by Crippen LogP contribution is 2.39. The highest BCUT2D eigenvalue weighted by molar-refractivity contribution is 6.30. The molecule has 0 spiro atoms. The Morgan fingerprint density at radius 1 is 1.20 bits per heavy atom. The second kappa shape index (κ2) is 6.93. The van der Waals surface area contributed by atoms with Crippen molar-refractivity contribution in [1.82, 2.24) is 4.90 Å². The van der Waals surface area contributed by atoms with Crippen LogP contribution in [-0.4, -0.2) is 36.2 Å². The van der Waals surface area contributed by atoms with E-state index in [0.717, 1.165) is 18.1 Å². The van der Waals surface area contributed by atoms with E-state index < -0.39 is 0 Å². The molecular weight excluding hydrogens is 270 g/mol. The number of β-amino-alcohol motifs (C(OH)–C–C–N with tert-alkyl or cyclic N) is 1. The van der Waals surface area contributed by atoms with Crippen LogP contribution < -0.4 is 0 Å². The minimum atomic E-state index is -0.291. The van der Waals surface area contributed by atoms with E-state index in [1.807, 2.05) is 12.1 Å². The molecule has 1 aromatic carbocycles. The first-order valence-electron chi connectivity index (χ1n) is 7.68. The number of hydrogen-bond acceptors (Lipinski definition) is 2. The van der Waals surface area contributed by atoms with Gasteiger partial charge in [-0.3, -0.25) is 0 Å². The molecule has 1 aliphatic heterocycles. The molecule has 0 saturated carbocycles. The lowest BCUT2D eigenvalue weighted by molar-refractivity contribution is 0.00804. The predicted octanol–water partition coefficient (Wildman–Crippen LogP) is 3.78. The topological polar surface area (TPSA) is 23.5 Å². The van der Waals surface area contributed by atoms with Gasteiger partial charge in [0.2, 0.25) is 0 Å². The van der Waals surface area contributed by atoms with Crippen molar-refractivity contribution in [3.05, 3.63) is 34.9 Å². The number of halogens is 1. The molecule has 0 aromatic heterocycles. The lowest BCUT2D eigenvalue weighted by Gasteiger charge is -2.44. The fourth-order valence-corrected chi connectivity index (χ4v) is 3.88. The van der Waals surface area contributed by atoms with Crippen LogP contribution >= 0.6 is 11.6 Å². The first kappa shape index (κ1) is 15.8. The van der Waals surface area contributed by atoms with Crippen LogP contribution in [-0.2, 0) is 0 Å². The van der Waals surface area contributed by atoms with Crippen molar-refractivity contribution in [1.29, 1.82) is 0 Å². The predicted molar refractivity (Wildman–Crippen MR) is 85.3 cm³/mol. The van der Waals surface area contributed by atoms with Gasteiger partial charge in [0.15, 0.2) is 0 Å². The van der Waals surface area contributed by atoms with E-state index in [4.69, 9.17) is 11.6 Å². The van der Waals surface area contributed by atoms with Gasteiger partial charge in [-0.25, -0.2) is 0 Å². The van der Waals surface area contributed by atoms with Crippen molar-refractivity contribution >= 4 is 11.6 Å². The molecule has 2 rings (SSSR count). The Kier molecular flexibility index (Phi) is 5.48. The standard InChI is InChI=1S/C17H26ClNO/c1-4-12(5-2)15-10-19(3)11-16(20)17(15)13-6-8-14(18)9-7-13/h6-9,12,15-17,20H,4-5,10-11H2,1-3H3. The molecule has 0 radical (unpaired) electrons. The Morgan fingerprint density at radius 2 is 1.80 bits per heavy atom. The molecule has 1 aromatic rings. The normalized spacial score (nSPS) is 28.0. The summed E-state index contributed by atoms with van der Waals surface area (Å²) in [6, 6.07) is 8.03. The maximum Gasteiger partial charge on any atom is 0.0738 e. The van der Waals surface area contributed by atoms with Gasteiger partial charge in [-0.2, -0.15) is 0 Å². The van der Waals surface area contributed by atoms with E-state index in [9.17, 15) is 5.11 Å². The van der Waals surface area contributed by atoms with Crippen molar-refractivity contribution in [2.24, 2.45) is 11.8 Å². The third-order valence-corrected chi connectivity index (χ3v) is 5.06. The number of piperidine rings is 1. The van der Waals surface area contributed by atoms with Gasteiger partial charge in [0.1, 0.15) is 0 Å². The van der Waals surface area contributed by atoms with E-state index in [1.165, 1.54) is 18.4 Å². The van der Waals surface area contributed by atoms with Crippen molar-refractivity contribution < 1.29 is 5.11 Å². The van der Waals surface area contributed by atoms with Crippen molar-refractivity contribution in [3.63, 3.8) is 0 Å². The van der Waals surface area contributed by atoms with Crippen LogP contribution in [0.3, 0.4) is 0 Å². The smallest absolute Gasteiger partial charge is 0.0738 e. The van der Waals surface area contributed by atoms with E-state index in [2.05, 4.69) is 37.9 Å². The molecule has 0 bridgehead atoms. The summed E-state index contributed by atoms with van der Waals surface area (Å²) in [5, 5.41) is 11.4. The van der Waals surface area contributed by atoms with Gasteiger partial charge in [-0.05, 0) is 36.6 Å². The minimum Gasteiger partial charge on any atom is -0.391 e. The molecular formula is C17H26ClNO. The fourth-order valence-electron chi connectivity index (χ4n) is 3.76. The Labute approximate surface area is 127 Å². The molecule has 20 heavy (non-hydrogen) atoms. The van der Waals surface area contributed by atoms with Crippen molar-refractivity contribution in [3.8, 4) is 0 Å². The van der Waals surface area contributed by atoms with Gasteiger partial charge in [0.05, 0.1) is 6.10 Å². The number of likely N-dealkylation sites (N-methyl/N-ethyl adjacent to an activating group) is 1. The van der Waals surface area contributed by atoms with Crippen LogP contribution in [0.4, 0.5) is 0 Å². The highest BCUT2D eigenvalue weighted by atomic mass is 35.5. The SMILES string of the molecule is CCC(CC)C1CN(C)CC(O)C1c1ccc(Cl)cc1. The monoisotopic (exact) mass is 295 g/mol. The minimum absolute atomic E-state index is 0.230. The number of nitrogens with zero attached hydrogens (tertiary/aromatic N) is 1. The molecule has 3 atom stereocenters. The average Bonchev–Trinajstić information content (AvgIpc) is 2.41. The molecule has 1 saturated heterocycles. The van der Waals surface area contributed by atoms with E-state index >= 15 is 0 Å². The fraction of sp³-hybridized carbons (Fsp3) is 0.647. The summed E-state index contributed by atoms with van der Waals surface area (Å²) in [5.41, 5.74) is 1.23. The van der Waals surface area contributed by atoms with Gasteiger partial charge in [0, 0.05) is 24.0 Å². The number of likely N-dealkylation sites (tertiary alicyclic amines) is 1. The van der Waals surface area contributed by atoms with Gasteiger partial charge in [-0.1, -0.05) is 50.4 Å². The van der Waals surface area contributed by atoms with E-state index in [-0.39, 0.29) is 12.0 Å². The Morgan fingerprint density at radius 3 is 2.35 bits per heavy atom. The summed E-state index contributed by atoms with van der Waals surface area (Å²) < 4.78 is 0. The molecule has 1 fully saturated rings. The maximum atomic E-state index is 10.6. The molecule has 1 aliphatic rings. The third kappa shape index (κ3) is 3.36. The zero-order valence-electron chi connectivity index (χ0n) is 12.7. The van der Waals surface area contributed by atoms with Crippen molar-refractivity contribution in [2.75, 3.05) is 20.1 Å². The van der Waals surface area contributed by atoms with Crippen LogP contribution in [0.1, 0.15) is 38.2 Å². The van der Waals surface area contributed by atoms with Crippen LogP contribution in [0.2, 0.25) is 5.02 Å². The van der Waals surface area contributed by atoms with Crippen LogP contribution in [0.15, 0.2) is 24.3 Å². The van der Waals surface area contributed by atoms with Gasteiger partial charge >= 0.3 is 0 Å². The summed E-state index contributed by atoms with van der Waals surface area (Å²) in [7, 11) is 2.11. The summed E-state index contributed by atoms with van der Waals surface area (Å²) >= 11 is 5.99. The number of hydrogen-bond donors (Lipinski definition) is 1. The average molecular weight is 296 g/mol. The summed E-state index contributed by atoms with van der Waals surface area (Å²) in [6.07, 6.45) is 2.05. The van der Waals surface area contributed by atoms with Crippen LogP contribution in [0.25, 0.3) is 0 Å². The summed E-state index contributed by atoms with van der Waals surface area (Å²) in [6.45, 7) is 6.34. The molecule has 112 valence electrons. The summed E-state index contributed by atoms with van der Waals surface area (Å²) in [5.74, 6) is 1.40. The summed E-state index contributed by atoms with van der Waals surface area (Å²) in [4.78, 5) is 2.26. The Balaban J connectivity index is 2.31. The van der Waals surface area contributed by atoms with Crippen LogP contribution in [0.5, 0.6) is 0 Å². The highest BCUT2D eigenvalue weighted by Gasteiger charge is 2.38. The maximum absolute atomic E-state index is 10.6. The largest absolute Gasteiger partial charge is 0.391 e. The Hall–Kier alpha value is -0.570. The Bertz CT molecular complexity index is 416. The van der Waals surface area contributed by atoms with E-state index in [1.54, 1.807) is 0 Å². The second-order valence-electron chi connectivity index (χ2n) is 6.11. The number of aliphatic hydroxyl groups is 1. The molecule has 1 heterocycles. The van der Waals surface area contributed by atoms with Gasteiger partial charge in [0.25, 0.3) is 0 Å². The molecule has 3 heteroatoms. The molecule has 2 nitrogen and oxygen atoms in total. The second-order valence-corrected chi connectivity index (χ2v) is 6.54. The zero-order chi connectivity index (χ0) is 14.7. The lowest BCUT2D eigenvalue weighted by Crippen LogP contribution is -2.48. The van der Waals surface area contributed by atoms with Gasteiger partial charge < -0.3 is 10.0 Å². The molecule has 3 unspecified atom stereocenters. The first-order chi connectivity index (χ1) is 9.56. The van der Waals surface area contributed by atoms with Crippen molar-refractivity contribution in [2.45, 2.75) is 38.7 Å². The lowest BCUT2D eigenvalue weighted by atomic mass is 9.71. The molecule has 1 N–H and O–H groups in total. The van der Waals surface area contributed by atoms with Crippen LogP contribution in [0, 0.1) is 11.8 Å².